The molecule has 0 saturated carbocycles. The van der Waals surface area contributed by atoms with Crippen LogP contribution in [0.15, 0.2) is 72.8 Å². The Balaban J connectivity index is 1.64. The zero-order chi connectivity index (χ0) is 24.0. The summed E-state index contributed by atoms with van der Waals surface area (Å²) >= 11 is 0. The SMILES string of the molecule is COc1ccc([C@@H](c2ccc(OC(F)(F)F)cc2)N2CCNCC2)cc1OCc1ccccc1. The van der Waals surface area contributed by atoms with Crippen LogP contribution in [-0.2, 0) is 6.61 Å². The number of hydrogen-bond donors (Lipinski definition) is 1. The van der Waals surface area contributed by atoms with Gasteiger partial charge < -0.3 is 19.5 Å². The quantitative estimate of drug-likeness (QED) is 0.490. The van der Waals surface area contributed by atoms with Crippen LogP contribution >= 0.6 is 0 Å². The van der Waals surface area contributed by atoms with E-state index in [1.165, 1.54) is 12.1 Å². The van der Waals surface area contributed by atoms with E-state index in [1.807, 2.05) is 48.5 Å². The molecule has 1 aliphatic rings. The maximum absolute atomic E-state index is 12.6. The molecule has 180 valence electrons. The van der Waals surface area contributed by atoms with Crippen molar-refractivity contribution in [2.75, 3.05) is 33.3 Å². The lowest BCUT2D eigenvalue weighted by molar-refractivity contribution is -0.274. The first-order valence-electron chi connectivity index (χ1n) is 11.1. The van der Waals surface area contributed by atoms with Crippen LogP contribution in [0.1, 0.15) is 22.7 Å². The van der Waals surface area contributed by atoms with Gasteiger partial charge in [-0.2, -0.15) is 0 Å². The maximum atomic E-state index is 12.6. The molecule has 0 aliphatic carbocycles. The summed E-state index contributed by atoms with van der Waals surface area (Å²) in [6, 6.07) is 21.6. The number of hydrogen-bond acceptors (Lipinski definition) is 5. The highest BCUT2D eigenvalue weighted by Crippen LogP contribution is 2.37. The average molecular weight is 473 g/mol. The van der Waals surface area contributed by atoms with E-state index in [4.69, 9.17) is 9.47 Å². The predicted molar refractivity (Wildman–Crippen MR) is 123 cm³/mol. The number of ether oxygens (including phenoxy) is 3. The Hall–Kier alpha value is -3.23. The highest BCUT2D eigenvalue weighted by atomic mass is 19.4. The summed E-state index contributed by atoms with van der Waals surface area (Å²) in [5, 5.41) is 3.34. The molecule has 1 atom stereocenters. The van der Waals surface area contributed by atoms with Crippen LogP contribution < -0.4 is 19.5 Å². The second-order valence-electron chi connectivity index (χ2n) is 7.99. The second-order valence-corrected chi connectivity index (χ2v) is 7.99. The third-order valence-corrected chi connectivity index (χ3v) is 5.69. The summed E-state index contributed by atoms with van der Waals surface area (Å²) in [7, 11) is 1.59. The Morgan fingerprint density at radius 2 is 1.56 bits per heavy atom. The number of piperazine rings is 1. The highest BCUT2D eigenvalue weighted by molar-refractivity contribution is 5.46. The first-order valence-corrected chi connectivity index (χ1v) is 11.1. The van der Waals surface area contributed by atoms with Gasteiger partial charge in [0.1, 0.15) is 12.4 Å². The number of nitrogens with zero attached hydrogens (tertiary/aromatic N) is 1. The molecular weight excluding hydrogens is 445 g/mol. The van der Waals surface area contributed by atoms with E-state index in [0.717, 1.165) is 42.9 Å². The van der Waals surface area contributed by atoms with E-state index >= 15 is 0 Å². The first kappa shape index (κ1) is 23.9. The molecule has 4 rings (SSSR count). The molecule has 0 unspecified atom stereocenters. The van der Waals surface area contributed by atoms with Crippen LogP contribution in [0.25, 0.3) is 0 Å². The van der Waals surface area contributed by atoms with Gasteiger partial charge in [0.25, 0.3) is 0 Å². The van der Waals surface area contributed by atoms with Gasteiger partial charge >= 0.3 is 6.36 Å². The van der Waals surface area contributed by atoms with E-state index < -0.39 is 6.36 Å². The zero-order valence-electron chi connectivity index (χ0n) is 18.8. The van der Waals surface area contributed by atoms with E-state index in [9.17, 15) is 13.2 Å². The Morgan fingerprint density at radius 1 is 0.882 bits per heavy atom. The monoisotopic (exact) mass is 472 g/mol. The average Bonchev–Trinajstić information content (AvgIpc) is 2.84. The van der Waals surface area contributed by atoms with E-state index in [0.29, 0.717) is 18.1 Å². The minimum absolute atomic E-state index is 0.160. The summed E-state index contributed by atoms with van der Waals surface area (Å²) in [5.41, 5.74) is 2.87. The molecule has 0 spiro atoms. The lowest BCUT2D eigenvalue weighted by Crippen LogP contribution is -2.45. The van der Waals surface area contributed by atoms with E-state index in [-0.39, 0.29) is 11.8 Å². The molecule has 3 aromatic rings. The van der Waals surface area contributed by atoms with Gasteiger partial charge in [0, 0.05) is 26.2 Å². The Morgan fingerprint density at radius 3 is 2.21 bits per heavy atom. The molecule has 1 N–H and O–H groups in total. The van der Waals surface area contributed by atoms with Gasteiger partial charge in [0.05, 0.1) is 13.2 Å². The Bertz CT molecular complexity index is 1050. The second kappa shape index (κ2) is 10.8. The van der Waals surface area contributed by atoms with Gasteiger partial charge in [-0.3, -0.25) is 4.90 Å². The van der Waals surface area contributed by atoms with Crippen molar-refractivity contribution in [1.82, 2.24) is 10.2 Å². The highest BCUT2D eigenvalue weighted by Gasteiger charge is 2.31. The fourth-order valence-electron chi connectivity index (χ4n) is 4.12. The van der Waals surface area contributed by atoms with Crippen LogP contribution in [0.5, 0.6) is 17.2 Å². The van der Waals surface area contributed by atoms with Crippen molar-refractivity contribution in [3.8, 4) is 17.2 Å². The molecule has 1 heterocycles. The van der Waals surface area contributed by atoms with E-state index in [1.54, 1.807) is 19.2 Å². The fraction of sp³-hybridized carbons (Fsp3) is 0.308. The number of alkyl halides is 3. The lowest BCUT2D eigenvalue weighted by atomic mass is 9.96. The number of nitrogens with one attached hydrogen (secondary N) is 1. The number of methoxy groups -OCH3 is 1. The van der Waals surface area contributed by atoms with Gasteiger partial charge in [0.15, 0.2) is 11.5 Å². The third-order valence-electron chi connectivity index (χ3n) is 5.69. The van der Waals surface area contributed by atoms with Gasteiger partial charge in [0.2, 0.25) is 0 Å². The molecule has 1 aliphatic heterocycles. The summed E-state index contributed by atoms with van der Waals surface area (Å²) in [4.78, 5) is 2.30. The molecule has 0 aromatic heterocycles. The van der Waals surface area contributed by atoms with Gasteiger partial charge in [-0.05, 0) is 41.0 Å². The molecule has 5 nitrogen and oxygen atoms in total. The smallest absolute Gasteiger partial charge is 0.493 e. The van der Waals surface area contributed by atoms with Crippen LogP contribution in [0.4, 0.5) is 13.2 Å². The van der Waals surface area contributed by atoms with Crippen molar-refractivity contribution in [3.05, 3.63) is 89.5 Å². The zero-order valence-corrected chi connectivity index (χ0v) is 18.8. The summed E-state index contributed by atoms with van der Waals surface area (Å²) in [5.74, 6) is 0.991. The normalized spacial score (nSPS) is 15.5. The molecule has 1 saturated heterocycles. The van der Waals surface area contributed by atoms with Crippen molar-refractivity contribution in [3.63, 3.8) is 0 Å². The maximum Gasteiger partial charge on any atom is 0.573 e. The van der Waals surface area contributed by atoms with Crippen LogP contribution in [0, 0.1) is 0 Å². The van der Waals surface area contributed by atoms with Crippen LogP contribution in [-0.4, -0.2) is 44.6 Å². The van der Waals surface area contributed by atoms with Crippen LogP contribution in [0.3, 0.4) is 0 Å². The molecular formula is C26H27F3N2O3. The van der Waals surface area contributed by atoms with Gasteiger partial charge in [-0.1, -0.05) is 48.5 Å². The first-order chi connectivity index (χ1) is 16.4. The van der Waals surface area contributed by atoms with Gasteiger partial charge in [-0.25, -0.2) is 0 Å². The Labute approximate surface area is 197 Å². The minimum atomic E-state index is -4.72. The predicted octanol–water partition coefficient (Wildman–Crippen LogP) is 5.17. The lowest BCUT2D eigenvalue weighted by Gasteiger charge is -2.36. The molecule has 0 bridgehead atoms. The number of halogens is 3. The molecule has 1 fully saturated rings. The minimum Gasteiger partial charge on any atom is -0.493 e. The molecule has 0 radical (unpaired) electrons. The summed E-state index contributed by atoms with van der Waals surface area (Å²) in [6.07, 6.45) is -4.72. The standard InChI is InChI=1S/C26H27F3N2O3/c1-32-23-12-9-21(17-24(23)33-18-19-5-3-2-4-6-19)25(31-15-13-30-14-16-31)20-7-10-22(11-8-20)34-26(27,28)29/h2-12,17,25,30H,13-16,18H2,1H3/t25-/m1/s1. The van der Waals surface area contributed by atoms with Crippen molar-refractivity contribution in [2.45, 2.75) is 19.0 Å². The largest absolute Gasteiger partial charge is 0.573 e. The number of rotatable bonds is 8. The summed E-state index contributed by atoms with van der Waals surface area (Å²) in [6.45, 7) is 3.66. The van der Waals surface area contributed by atoms with Crippen LogP contribution in [0.2, 0.25) is 0 Å². The van der Waals surface area contributed by atoms with Gasteiger partial charge in [-0.15, -0.1) is 13.2 Å². The van der Waals surface area contributed by atoms with Crippen molar-refractivity contribution < 1.29 is 27.4 Å². The topological polar surface area (TPSA) is 43.0 Å². The van der Waals surface area contributed by atoms with E-state index in [2.05, 4.69) is 15.0 Å². The number of benzene rings is 3. The summed E-state index contributed by atoms with van der Waals surface area (Å²) < 4.78 is 53.5. The van der Waals surface area contributed by atoms with Crippen molar-refractivity contribution >= 4 is 0 Å². The molecule has 34 heavy (non-hydrogen) atoms. The third kappa shape index (κ3) is 6.21. The molecule has 0 amide bonds. The molecule has 3 aromatic carbocycles. The Kier molecular flexibility index (Phi) is 7.59. The molecule has 8 heteroatoms. The van der Waals surface area contributed by atoms with Crippen molar-refractivity contribution in [1.29, 1.82) is 0 Å². The van der Waals surface area contributed by atoms with Crippen molar-refractivity contribution in [2.24, 2.45) is 0 Å². The fourth-order valence-corrected chi connectivity index (χ4v) is 4.12.